The average molecular weight is 243 g/mol. The molecular formula is C12H21NO2S. The molecule has 0 amide bonds. The standard InChI is InChI=1S/C12H21NO2S/c1-15-12(14)11-8-10(2-5-13-11)9-3-6-16-7-4-9/h9-11,13H,2-8H2,1H3. The third kappa shape index (κ3) is 2.92. The van der Waals surface area contributed by atoms with E-state index in [1.165, 1.54) is 37.9 Å². The maximum atomic E-state index is 11.5. The van der Waals surface area contributed by atoms with Crippen LogP contribution in [0.25, 0.3) is 0 Å². The van der Waals surface area contributed by atoms with Crippen LogP contribution in [0, 0.1) is 11.8 Å². The number of rotatable bonds is 2. The highest BCUT2D eigenvalue weighted by Gasteiger charge is 2.32. The van der Waals surface area contributed by atoms with Crippen molar-refractivity contribution >= 4 is 17.7 Å². The maximum absolute atomic E-state index is 11.5. The largest absolute Gasteiger partial charge is 0.468 e. The van der Waals surface area contributed by atoms with Crippen LogP contribution in [0.15, 0.2) is 0 Å². The molecule has 16 heavy (non-hydrogen) atoms. The van der Waals surface area contributed by atoms with Gasteiger partial charge in [-0.25, -0.2) is 0 Å². The Morgan fingerprint density at radius 3 is 2.69 bits per heavy atom. The van der Waals surface area contributed by atoms with E-state index in [2.05, 4.69) is 17.1 Å². The molecule has 0 bridgehead atoms. The molecule has 2 aliphatic rings. The SMILES string of the molecule is COC(=O)C1CC(C2CCSCC2)CCN1. The topological polar surface area (TPSA) is 38.3 Å². The minimum Gasteiger partial charge on any atom is -0.468 e. The van der Waals surface area contributed by atoms with Crippen LogP contribution < -0.4 is 5.32 Å². The van der Waals surface area contributed by atoms with Crippen molar-refractivity contribution in [1.82, 2.24) is 5.32 Å². The van der Waals surface area contributed by atoms with Crippen LogP contribution in [0.3, 0.4) is 0 Å². The molecule has 2 aliphatic heterocycles. The van der Waals surface area contributed by atoms with Crippen LogP contribution in [-0.4, -0.2) is 37.2 Å². The van der Waals surface area contributed by atoms with E-state index in [4.69, 9.17) is 4.74 Å². The molecular weight excluding hydrogens is 222 g/mol. The lowest BCUT2D eigenvalue weighted by Crippen LogP contribution is -2.45. The monoisotopic (exact) mass is 243 g/mol. The van der Waals surface area contributed by atoms with Gasteiger partial charge in [-0.2, -0.15) is 11.8 Å². The second-order valence-corrected chi connectivity index (χ2v) is 5.99. The molecule has 0 radical (unpaired) electrons. The Bertz CT molecular complexity index is 241. The van der Waals surface area contributed by atoms with Crippen molar-refractivity contribution in [3.8, 4) is 0 Å². The van der Waals surface area contributed by atoms with Gasteiger partial charge in [0.2, 0.25) is 0 Å². The second kappa shape index (κ2) is 5.92. The van der Waals surface area contributed by atoms with Crippen LogP contribution in [-0.2, 0) is 9.53 Å². The summed E-state index contributed by atoms with van der Waals surface area (Å²) in [7, 11) is 1.48. The fraction of sp³-hybridized carbons (Fsp3) is 0.917. The van der Waals surface area contributed by atoms with Gasteiger partial charge < -0.3 is 10.1 Å². The van der Waals surface area contributed by atoms with Gasteiger partial charge in [-0.3, -0.25) is 4.79 Å². The summed E-state index contributed by atoms with van der Waals surface area (Å²) in [6, 6.07) is -0.0571. The zero-order valence-corrected chi connectivity index (χ0v) is 10.7. The summed E-state index contributed by atoms with van der Waals surface area (Å²) in [6.45, 7) is 0.966. The van der Waals surface area contributed by atoms with Gasteiger partial charge >= 0.3 is 5.97 Å². The van der Waals surface area contributed by atoms with Gasteiger partial charge in [-0.05, 0) is 55.6 Å². The Kier molecular flexibility index (Phi) is 4.53. The number of hydrogen-bond donors (Lipinski definition) is 1. The van der Waals surface area contributed by atoms with Gasteiger partial charge in [0.25, 0.3) is 0 Å². The van der Waals surface area contributed by atoms with E-state index in [1.807, 2.05) is 0 Å². The van der Waals surface area contributed by atoms with E-state index >= 15 is 0 Å². The molecule has 92 valence electrons. The summed E-state index contributed by atoms with van der Waals surface area (Å²) in [5.74, 6) is 4.09. The van der Waals surface area contributed by atoms with E-state index in [9.17, 15) is 4.79 Å². The number of carbonyl (C=O) groups is 1. The minimum absolute atomic E-state index is 0.0571. The van der Waals surface area contributed by atoms with Crippen LogP contribution >= 0.6 is 11.8 Å². The molecule has 0 aromatic rings. The first-order valence-electron chi connectivity index (χ1n) is 6.20. The third-order valence-corrected chi connectivity index (χ3v) is 4.91. The Morgan fingerprint density at radius 2 is 2.00 bits per heavy atom. The van der Waals surface area contributed by atoms with Gasteiger partial charge in [0.1, 0.15) is 6.04 Å². The average Bonchev–Trinajstić information content (AvgIpc) is 2.39. The smallest absolute Gasteiger partial charge is 0.322 e. The molecule has 1 N–H and O–H groups in total. The first-order chi connectivity index (χ1) is 7.81. The van der Waals surface area contributed by atoms with Gasteiger partial charge in [0.15, 0.2) is 0 Å². The summed E-state index contributed by atoms with van der Waals surface area (Å²) in [4.78, 5) is 11.5. The highest BCUT2D eigenvalue weighted by atomic mass is 32.2. The summed E-state index contributed by atoms with van der Waals surface area (Å²) in [6.07, 6.45) is 4.87. The molecule has 4 heteroatoms. The Labute approximate surface area is 102 Å². The summed E-state index contributed by atoms with van der Waals surface area (Å²) in [5, 5.41) is 3.26. The lowest BCUT2D eigenvalue weighted by Gasteiger charge is -2.35. The molecule has 0 aromatic carbocycles. The van der Waals surface area contributed by atoms with Crippen LogP contribution in [0.2, 0.25) is 0 Å². The van der Waals surface area contributed by atoms with Gasteiger partial charge in [0.05, 0.1) is 7.11 Å². The Hall–Kier alpha value is -0.220. The van der Waals surface area contributed by atoms with Crippen molar-refractivity contribution in [1.29, 1.82) is 0 Å². The predicted octanol–water partition coefficient (Wildman–Crippen LogP) is 1.67. The summed E-state index contributed by atoms with van der Waals surface area (Å²) in [5.41, 5.74) is 0. The van der Waals surface area contributed by atoms with E-state index in [0.29, 0.717) is 0 Å². The number of hydrogen-bond acceptors (Lipinski definition) is 4. The number of methoxy groups -OCH3 is 1. The van der Waals surface area contributed by atoms with Crippen molar-refractivity contribution in [2.45, 2.75) is 31.7 Å². The highest BCUT2D eigenvalue weighted by molar-refractivity contribution is 7.99. The molecule has 2 heterocycles. The molecule has 2 rings (SSSR count). The molecule has 2 saturated heterocycles. The number of thioether (sulfide) groups is 1. The van der Waals surface area contributed by atoms with Crippen molar-refractivity contribution < 1.29 is 9.53 Å². The lowest BCUT2D eigenvalue weighted by atomic mass is 9.79. The molecule has 2 atom stereocenters. The molecule has 2 unspecified atom stereocenters. The number of carbonyl (C=O) groups excluding carboxylic acids is 1. The third-order valence-electron chi connectivity index (χ3n) is 3.86. The summed E-state index contributed by atoms with van der Waals surface area (Å²) >= 11 is 2.07. The number of piperidine rings is 1. The quantitative estimate of drug-likeness (QED) is 0.749. The van der Waals surface area contributed by atoms with Gasteiger partial charge in [-0.15, -0.1) is 0 Å². The highest BCUT2D eigenvalue weighted by Crippen LogP contribution is 2.34. The van der Waals surface area contributed by atoms with Crippen molar-refractivity contribution in [3.63, 3.8) is 0 Å². The molecule has 0 aromatic heterocycles. The number of nitrogens with one attached hydrogen (secondary N) is 1. The first kappa shape index (κ1) is 12.2. The fourth-order valence-electron chi connectivity index (χ4n) is 2.88. The van der Waals surface area contributed by atoms with Gasteiger partial charge in [-0.1, -0.05) is 0 Å². The Balaban J connectivity index is 1.87. The lowest BCUT2D eigenvalue weighted by molar-refractivity contribution is -0.144. The van der Waals surface area contributed by atoms with Crippen LogP contribution in [0.5, 0.6) is 0 Å². The van der Waals surface area contributed by atoms with E-state index < -0.39 is 0 Å². The zero-order chi connectivity index (χ0) is 11.4. The Morgan fingerprint density at radius 1 is 1.25 bits per heavy atom. The maximum Gasteiger partial charge on any atom is 0.322 e. The van der Waals surface area contributed by atoms with E-state index in [1.54, 1.807) is 0 Å². The predicted molar refractivity (Wildman–Crippen MR) is 66.6 cm³/mol. The van der Waals surface area contributed by atoms with E-state index in [0.717, 1.165) is 24.8 Å². The van der Waals surface area contributed by atoms with Crippen molar-refractivity contribution in [3.05, 3.63) is 0 Å². The van der Waals surface area contributed by atoms with E-state index in [-0.39, 0.29) is 12.0 Å². The van der Waals surface area contributed by atoms with Crippen LogP contribution in [0.1, 0.15) is 25.7 Å². The van der Waals surface area contributed by atoms with Gasteiger partial charge in [0, 0.05) is 0 Å². The fourth-order valence-corrected chi connectivity index (χ4v) is 4.03. The second-order valence-electron chi connectivity index (χ2n) is 4.76. The molecule has 2 fully saturated rings. The number of esters is 1. The molecule has 0 aliphatic carbocycles. The molecule has 0 spiro atoms. The minimum atomic E-state index is -0.0881. The molecule has 3 nitrogen and oxygen atoms in total. The van der Waals surface area contributed by atoms with Crippen LogP contribution in [0.4, 0.5) is 0 Å². The summed E-state index contributed by atoms with van der Waals surface area (Å²) < 4.78 is 4.82. The van der Waals surface area contributed by atoms with Crippen molar-refractivity contribution in [2.75, 3.05) is 25.2 Å². The number of ether oxygens (including phenoxy) is 1. The molecule has 0 saturated carbocycles. The zero-order valence-electron chi connectivity index (χ0n) is 9.91. The normalized spacial score (nSPS) is 32.3. The van der Waals surface area contributed by atoms with Crippen molar-refractivity contribution in [2.24, 2.45) is 11.8 Å². The first-order valence-corrected chi connectivity index (χ1v) is 7.35.